The zero-order chi connectivity index (χ0) is 20.2. The number of nitrogens with zero attached hydrogens (tertiary/aromatic N) is 2. The maximum absolute atomic E-state index is 13.2. The predicted molar refractivity (Wildman–Crippen MR) is 107 cm³/mol. The predicted octanol–water partition coefficient (Wildman–Crippen LogP) is 2.65. The van der Waals surface area contributed by atoms with Crippen LogP contribution in [0.4, 0.5) is 0 Å². The van der Waals surface area contributed by atoms with Gasteiger partial charge in [0.2, 0.25) is 15.9 Å². The third-order valence-electron chi connectivity index (χ3n) is 7.63. The molecule has 4 aliphatic carbocycles. The zero-order valence-corrected chi connectivity index (χ0v) is 17.3. The Hall–Kier alpha value is -1.91. The molecule has 4 bridgehead atoms. The minimum absolute atomic E-state index is 0.128. The van der Waals surface area contributed by atoms with Gasteiger partial charge >= 0.3 is 0 Å². The van der Waals surface area contributed by atoms with Crippen LogP contribution in [-0.2, 0) is 14.8 Å². The van der Waals surface area contributed by atoms with Crippen molar-refractivity contribution in [1.82, 2.24) is 9.62 Å². The lowest BCUT2D eigenvalue weighted by atomic mass is 9.54. The Morgan fingerprint density at radius 1 is 1.03 bits per heavy atom. The minimum Gasteiger partial charge on any atom is -0.351 e. The quantitative estimate of drug-likeness (QED) is 0.822. The molecule has 154 valence electrons. The smallest absolute Gasteiger partial charge is 0.243 e. The highest BCUT2D eigenvalue weighted by atomic mass is 32.2. The van der Waals surface area contributed by atoms with Gasteiger partial charge in [-0.15, -0.1) is 0 Å². The van der Waals surface area contributed by atoms with E-state index in [4.69, 9.17) is 5.26 Å². The van der Waals surface area contributed by atoms with Crippen LogP contribution in [0.15, 0.2) is 29.2 Å². The van der Waals surface area contributed by atoms with Gasteiger partial charge in [-0.1, -0.05) is 0 Å². The van der Waals surface area contributed by atoms with Crippen LogP contribution >= 0.6 is 0 Å². The number of nitrogens with one attached hydrogen (secondary N) is 1. The van der Waals surface area contributed by atoms with Crippen molar-refractivity contribution in [1.29, 1.82) is 5.26 Å². The Bertz CT molecular complexity index is 923. The van der Waals surface area contributed by atoms with Crippen molar-refractivity contribution in [2.45, 2.75) is 61.9 Å². The number of nitriles is 1. The first-order chi connectivity index (χ1) is 14.0. The molecule has 4 saturated carbocycles. The number of hydrogen-bond acceptors (Lipinski definition) is 4. The Labute approximate surface area is 172 Å². The van der Waals surface area contributed by atoms with E-state index in [0.29, 0.717) is 36.8 Å². The maximum atomic E-state index is 13.2. The standard InChI is InChI=1S/C22H27N3O3S/c23-13-14-3-5-19(6-4-14)29(27,28)25-7-1-2-20(25)22(26)24-21-17-9-15-8-16(11-17)12-18(21)10-15/h3-6,15-18,20-21H,1-2,7-12H2,(H,24,26). The summed E-state index contributed by atoms with van der Waals surface area (Å²) in [5.74, 6) is 2.69. The lowest BCUT2D eigenvalue weighted by Gasteiger charge is -2.54. The second-order valence-corrected chi connectivity index (χ2v) is 11.3. The summed E-state index contributed by atoms with van der Waals surface area (Å²) in [6.45, 7) is 0.363. The molecule has 29 heavy (non-hydrogen) atoms. The van der Waals surface area contributed by atoms with Gasteiger partial charge < -0.3 is 5.32 Å². The molecular weight excluding hydrogens is 386 g/mol. The number of rotatable bonds is 4. The third-order valence-corrected chi connectivity index (χ3v) is 9.55. The van der Waals surface area contributed by atoms with E-state index in [1.54, 1.807) is 0 Å². The second-order valence-electron chi connectivity index (χ2n) is 9.38. The van der Waals surface area contributed by atoms with Gasteiger partial charge in [-0.3, -0.25) is 4.79 Å². The molecule has 0 spiro atoms. The van der Waals surface area contributed by atoms with E-state index in [0.717, 1.165) is 11.8 Å². The lowest BCUT2D eigenvalue weighted by Crippen LogP contribution is -2.58. The molecule has 6 rings (SSSR count). The molecule has 1 aliphatic heterocycles. The molecule has 1 amide bonds. The molecule has 1 atom stereocenters. The van der Waals surface area contributed by atoms with Gasteiger partial charge in [0.25, 0.3) is 0 Å². The normalized spacial score (nSPS) is 36.1. The highest BCUT2D eigenvalue weighted by Gasteiger charge is 2.49. The first kappa shape index (κ1) is 19.1. The summed E-state index contributed by atoms with van der Waals surface area (Å²) < 4.78 is 27.7. The number of hydrogen-bond donors (Lipinski definition) is 1. The summed E-state index contributed by atoms with van der Waals surface area (Å²) in [5, 5.41) is 12.2. The van der Waals surface area contributed by atoms with Gasteiger partial charge in [0.15, 0.2) is 0 Å². The number of benzene rings is 1. The van der Waals surface area contributed by atoms with Crippen molar-refractivity contribution in [3.63, 3.8) is 0 Å². The van der Waals surface area contributed by atoms with Crippen LogP contribution in [0.1, 0.15) is 50.5 Å². The Morgan fingerprint density at radius 2 is 1.66 bits per heavy atom. The van der Waals surface area contributed by atoms with E-state index in [-0.39, 0.29) is 16.8 Å². The molecule has 1 aromatic carbocycles. The van der Waals surface area contributed by atoms with Crippen LogP contribution in [-0.4, -0.2) is 37.3 Å². The van der Waals surface area contributed by atoms with Crippen LogP contribution in [0.5, 0.6) is 0 Å². The molecule has 1 aromatic rings. The Balaban J connectivity index is 1.32. The molecule has 1 unspecified atom stereocenters. The van der Waals surface area contributed by atoms with E-state index in [1.807, 2.05) is 6.07 Å². The molecular formula is C22H27N3O3S. The summed E-state index contributed by atoms with van der Waals surface area (Å²) in [6.07, 6.45) is 7.49. The van der Waals surface area contributed by atoms with Crippen molar-refractivity contribution in [2.24, 2.45) is 23.7 Å². The summed E-state index contributed by atoms with van der Waals surface area (Å²) in [4.78, 5) is 13.3. The van der Waals surface area contributed by atoms with Crippen LogP contribution in [0.3, 0.4) is 0 Å². The summed E-state index contributed by atoms with van der Waals surface area (Å²) in [5.41, 5.74) is 0.418. The topological polar surface area (TPSA) is 90.3 Å². The molecule has 1 N–H and O–H groups in total. The van der Waals surface area contributed by atoms with Crippen molar-refractivity contribution in [3.8, 4) is 6.07 Å². The summed E-state index contributed by atoms with van der Waals surface area (Å²) in [7, 11) is -3.76. The van der Waals surface area contributed by atoms with Gasteiger partial charge in [0.1, 0.15) is 6.04 Å². The first-order valence-electron chi connectivity index (χ1n) is 10.8. The van der Waals surface area contributed by atoms with Crippen molar-refractivity contribution < 1.29 is 13.2 Å². The van der Waals surface area contributed by atoms with Gasteiger partial charge in [0.05, 0.1) is 16.5 Å². The molecule has 5 fully saturated rings. The minimum atomic E-state index is -3.76. The fourth-order valence-electron chi connectivity index (χ4n) is 6.55. The van der Waals surface area contributed by atoms with Gasteiger partial charge in [-0.25, -0.2) is 8.42 Å². The number of amides is 1. The first-order valence-corrected chi connectivity index (χ1v) is 12.2. The lowest BCUT2D eigenvalue weighted by molar-refractivity contribution is -0.128. The van der Waals surface area contributed by atoms with E-state index in [2.05, 4.69) is 5.32 Å². The van der Waals surface area contributed by atoms with Crippen LogP contribution in [0.2, 0.25) is 0 Å². The second kappa shape index (κ2) is 7.10. The highest BCUT2D eigenvalue weighted by molar-refractivity contribution is 7.89. The third kappa shape index (κ3) is 3.27. The fourth-order valence-corrected chi connectivity index (χ4v) is 8.20. The largest absolute Gasteiger partial charge is 0.351 e. The average molecular weight is 414 g/mol. The molecule has 1 heterocycles. The van der Waals surface area contributed by atoms with Gasteiger partial charge in [-0.05, 0) is 92.9 Å². The monoisotopic (exact) mass is 413 g/mol. The SMILES string of the molecule is N#Cc1ccc(S(=O)(=O)N2CCCC2C(=O)NC2C3CC4CC(C3)CC2C4)cc1. The van der Waals surface area contributed by atoms with Crippen LogP contribution in [0.25, 0.3) is 0 Å². The number of carbonyl (C=O) groups is 1. The van der Waals surface area contributed by atoms with Crippen LogP contribution in [0, 0.1) is 35.0 Å². The highest BCUT2D eigenvalue weighted by Crippen LogP contribution is 2.53. The van der Waals surface area contributed by atoms with Crippen molar-refractivity contribution >= 4 is 15.9 Å². The Kier molecular flexibility index (Phi) is 4.67. The number of carbonyl (C=O) groups excluding carboxylic acids is 1. The summed E-state index contributed by atoms with van der Waals surface area (Å²) >= 11 is 0. The molecule has 5 aliphatic rings. The van der Waals surface area contributed by atoms with E-state index in [9.17, 15) is 13.2 Å². The molecule has 6 nitrogen and oxygen atoms in total. The fraction of sp³-hybridized carbons (Fsp3) is 0.636. The molecule has 7 heteroatoms. The van der Waals surface area contributed by atoms with Crippen LogP contribution < -0.4 is 5.32 Å². The van der Waals surface area contributed by atoms with E-state index < -0.39 is 16.1 Å². The van der Waals surface area contributed by atoms with E-state index >= 15 is 0 Å². The summed E-state index contributed by atoms with van der Waals surface area (Å²) in [6, 6.07) is 7.51. The van der Waals surface area contributed by atoms with E-state index in [1.165, 1.54) is 60.7 Å². The van der Waals surface area contributed by atoms with Crippen molar-refractivity contribution in [2.75, 3.05) is 6.54 Å². The Morgan fingerprint density at radius 3 is 2.24 bits per heavy atom. The maximum Gasteiger partial charge on any atom is 0.243 e. The molecule has 0 radical (unpaired) electrons. The van der Waals surface area contributed by atoms with Gasteiger partial charge in [0, 0.05) is 12.6 Å². The molecule has 1 saturated heterocycles. The molecule has 0 aromatic heterocycles. The zero-order valence-electron chi connectivity index (χ0n) is 16.5. The number of sulfonamides is 1. The average Bonchev–Trinajstić information content (AvgIpc) is 3.21. The van der Waals surface area contributed by atoms with Gasteiger partial charge in [-0.2, -0.15) is 9.57 Å². The van der Waals surface area contributed by atoms with Crippen molar-refractivity contribution in [3.05, 3.63) is 29.8 Å².